The van der Waals surface area contributed by atoms with Gasteiger partial charge in [0, 0.05) is 44.8 Å². The molecule has 0 aromatic heterocycles. The number of likely N-dealkylation sites (N-methyl/N-ethyl adjacent to an activating group) is 1. The second-order valence-electron chi connectivity index (χ2n) is 8.68. The Labute approximate surface area is 184 Å². The highest BCUT2D eigenvalue weighted by molar-refractivity contribution is 6.35. The predicted molar refractivity (Wildman–Crippen MR) is 120 cm³/mol. The lowest BCUT2D eigenvalue weighted by molar-refractivity contribution is -0.141. The van der Waals surface area contributed by atoms with Crippen molar-refractivity contribution < 1.29 is 14.4 Å². The van der Waals surface area contributed by atoms with E-state index in [2.05, 4.69) is 22.0 Å². The van der Waals surface area contributed by atoms with Crippen molar-refractivity contribution in [1.29, 1.82) is 0 Å². The topological polar surface area (TPSA) is 73.0 Å². The van der Waals surface area contributed by atoms with Gasteiger partial charge in [0.05, 0.1) is 5.57 Å². The van der Waals surface area contributed by atoms with Crippen molar-refractivity contribution >= 4 is 29.0 Å². The maximum Gasteiger partial charge on any atom is 0.278 e. The first-order chi connectivity index (χ1) is 15.0. The van der Waals surface area contributed by atoms with Crippen molar-refractivity contribution in [2.45, 2.75) is 52.0 Å². The van der Waals surface area contributed by atoms with E-state index in [1.165, 1.54) is 18.2 Å². The van der Waals surface area contributed by atoms with Crippen LogP contribution in [0.25, 0.3) is 5.57 Å². The van der Waals surface area contributed by atoms with Gasteiger partial charge in [0.2, 0.25) is 5.91 Å². The van der Waals surface area contributed by atoms with E-state index in [0.717, 1.165) is 64.0 Å². The highest BCUT2D eigenvalue weighted by Crippen LogP contribution is 2.36. The van der Waals surface area contributed by atoms with Gasteiger partial charge in [-0.25, -0.2) is 0 Å². The molecule has 2 fully saturated rings. The van der Waals surface area contributed by atoms with Crippen molar-refractivity contribution in [2.24, 2.45) is 0 Å². The van der Waals surface area contributed by atoms with Crippen LogP contribution in [0, 0.1) is 0 Å². The summed E-state index contributed by atoms with van der Waals surface area (Å²) in [6, 6.07) is 7.24. The zero-order valence-electron chi connectivity index (χ0n) is 18.5. The normalized spacial score (nSPS) is 21.2. The van der Waals surface area contributed by atoms with E-state index < -0.39 is 0 Å². The lowest BCUT2D eigenvalue weighted by Crippen LogP contribution is -2.48. The molecule has 0 bridgehead atoms. The van der Waals surface area contributed by atoms with E-state index in [-0.39, 0.29) is 23.8 Å². The van der Waals surface area contributed by atoms with Crippen molar-refractivity contribution in [1.82, 2.24) is 14.7 Å². The number of carbonyl (C=O) groups is 3. The number of carbonyl (C=O) groups excluding carboxylic acids is 3. The molecule has 2 heterocycles. The summed E-state index contributed by atoms with van der Waals surface area (Å²) in [5.41, 5.74) is 2.48. The summed E-state index contributed by atoms with van der Waals surface area (Å²) in [6.07, 6.45) is 5.08. The lowest BCUT2D eigenvalue weighted by Gasteiger charge is -2.36. The highest BCUT2D eigenvalue weighted by atomic mass is 16.2. The minimum Gasteiger partial charge on any atom is -0.364 e. The van der Waals surface area contributed by atoms with Gasteiger partial charge in [-0.2, -0.15) is 0 Å². The molecule has 3 aliphatic rings. The maximum absolute atomic E-state index is 13.6. The number of anilines is 1. The molecule has 31 heavy (non-hydrogen) atoms. The van der Waals surface area contributed by atoms with Crippen LogP contribution < -0.4 is 5.32 Å². The van der Waals surface area contributed by atoms with Gasteiger partial charge in [0.1, 0.15) is 5.70 Å². The summed E-state index contributed by atoms with van der Waals surface area (Å²) >= 11 is 0. The van der Waals surface area contributed by atoms with Gasteiger partial charge in [-0.15, -0.1) is 0 Å². The van der Waals surface area contributed by atoms with E-state index in [1.807, 2.05) is 12.1 Å². The fraction of sp³-hybridized carbons (Fsp3) is 0.542. The predicted octanol–water partition coefficient (Wildman–Crippen LogP) is 2.70. The monoisotopic (exact) mass is 424 g/mol. The van der Waals surface area contributed by atoms with E-state index >= 15 is 0 Å². The van der Waals surface area contributed by atoms with Gasteiger partial charge < -0.3 is 15.1 Å². The molecule has 166 valence electrons. The van der Waals surface area contributed by atoms with Gasteiger partial charge in [0.15, 0.2) is 0 Å². The molecule has 1 saturated heterocycles. The first-order valence-electron chi connectivity index (χ1n) is 11.5. The summed E-state index contributed by atoms with van der Waals surface area (Å²) in [7, 11) is 0. The Bertz CT molecular complexity index is 879. The second-order valence-corrected chi connectivity index (χ2v) is 8.68. The zero-order valence-corrected chi connectivity index (χ0v) is 18.5. The van der Waals surface area contributed by atoms with Gasteiger partial charge in [0.25, 0.3) is 11.8 Å². The molecule has 1 aromatic rings. The van der Waals surface area contributed by atoms with E-state index in [9.17, 15) is 14.4 Å². The van der Waals surface area contributed by atoms with Crippen molar-refractivity contribution in [3.63, 3.8) is 0 Å². The summed E-state index contributed by atoms with van der Waals surface area (Å²) in [6.45, 7) is 7.87. The fourth-order valence-corrected chi connectivity index (χ4v) is 4.97. The summed E-state index contributed by atoms with van der Waals surface area (Å²) < 4.78 is 0. The minimum atomic E-state index is -0.169. The number of nitrogens with one attached hydrogen (secondary N) is 1. The van der Waals surface area contributed by atoms with Gasteiger partial charge in [-0.3, -0.25) is 19.3 Å². The van der Waals surface area contributed by atoms with Crippen molar-refractivity contribution in [2.75, 3.05) is 38.0 Å². The van der Waals surface area contributed by atoms with Crippen molar-refractivity contribution in [3.8, 4) is 0 Å². The van der Waals surface area contributed by atoms with Crippen LogP contribution >= 0.6 is 0 Å². The van der Waals surface area contributed by atoms with Crippen LogP contribution in [0.4, 0.5) is 5.69 Å². The minimum absolute atomic E-state index is 0.00293. The molecule has 3 amide bonds. The van der Waals surface area contributed by atoms with E-state index in [4.69, 9.17) is 0 Å². The molecule has 2 aliphatic heterocycles. The third kappa shape index (κ3) is 4.37. The number of hydrogen-bond acceptors (Lipinski definition) is 5. The summed E-state index contributed by atoms with van der Waals surface area (Å²) in [5, 5.41) is 2.76. The molecular formula is C24H32N4O3. The van der Waals surface area contributed by atoms with Crippen LogP contribution in [0.15, 0.2) is 30.0 Å². The number of amides is 3. The average molecular weight is 425 g/mol. The maximum atomic E-state index is 13.6. The van der Waals surface area contributed by atoms with E-state index in [0.29, 0.717) is 17.0 Å². The Kier molecular flexibility index (Phi) is 6.41. The molecule has 7 heteroatoms. The molecule has 0 unspecified atom stereocenters. The number of rotatable bonds is 5. The molecule has 1 N–H and O–H groups in total. The number of nitrogens with zero attached hydrogens (tertiary/aromatic N) is 3. The molecule has 0 spiro atoms. The fourth-order valence-electron chi connectivity index (χ4n) is 4.97. The molecule has 4 rings (SSSR count). The standard InChI is InChI=1S/C24H32N4O3/c1-3-26-13-15-27(16-14-26)22-21(18-9-11-19(12-10-18)25-17(2)29)23(30)28(24(22)31)20-7-5-4-6-8-20/h9-12,20H,3-8,13-16H2,1-2H3,(H,25,29). The number of imide groups is 1. The molecule has 1 aliphatic carbocycles. The highest BCUT2D eigenvalue weighted by Gasteiger charge is 2.45. The van der Waals surface area contributed by atoms with Crippen LogP contribution in [-0.4, -0.2) is 71.2 Å². The van der Waals surface area contributed by atoms with Crippen LogP contribution in [0.1, 0.15) is 51.5 Å². The Morgan fingerprint density at radius 1 is 0.968 bits per heavy atom. The summed E-state index contributed by atoms with van der Waals surface area (Å²) in [5.74, 6) is -0.447. The molecule has 0 atom stereocenters. The number of hydrogen-bond donors (Lipinski definition) is 1. The SMILES string of the molecule is CCN1CCN(C2=C(c3ccc(NC(C)=O)cc3)C(=O)N(C3CCCCC3)C2=O)CC1. The first kappa shape index (κ1) is 21.6. The Morgan fingerprint density at radius 2 is 1.61 bits per heavy atom. The molecule has 7 nitrogen and oxygen atoms in total. The smallest absolute Gasteiger partial charge is 0.278 e. The van der Waals surface area contributed by atoms with Crippen molar-refractivity contribution in [3.05, 3.63) is 35.5 Å². The largest absolute Gasteiger partial charge is 0.364 e. The Morgan fingerprint density at radius 3 is 2.19 bits per heavy atom. The third-order valence-corrected chi connectivity index (χ3v) is 6.66. The molecule has 0 radical (unpaired) electrons. The van der Waals surface area contributed by atoms with Crippen LogP contribution in [0.3, 0.4) is 0 Å². The van der Waals surface area contributed by atoms with Gasteiger partial charge in [-0.1, -0.05) is 38.3 Å². The van der Waals surface area contributed by atoms with Crippen LogP contribution in [0.2, 0.25) is 0 Å². The zero-order chi connectivity index (χ0) is 22.0. The third-order valence-electron chi connectivity index (χ3n) is 6.66. The number of benzene rings is 1. The van der Waals surface area contributed by atoms with E-state index in [1.54, 1.807) is 12.1 Å². The first-order valence-corrected chi connectivity index (χ1v) is 11.5. The average Bonchev–Trinajstić information content (AvgIpc) is 3.04. The second kappa shape index (κ2) is 9.22. The molecular weight excluding hydrogens is 392 g/mol. The van der Waals surface area contributed by atoms with Crippen LogP contribution in [0.5, 0.6) is 0 Å². The molecule has 1 saturated carbocycles. The van der Waals surface area contributed by atoms with Gasteiger partial charge >= 0.3 is 0 Å². The Hall–Kier alpha value is -2.67. The quantitative estimate of drug-likeness (QED) is 0.736. The lowest BCUT2D eigenvalue weighted by atomic mass is 9.94. The number of piperazine rings is 1. The van der Waals surface area contributed by atoms with Crippen LogP contribution in [-0.2, 0) is 14.4 Å². The van der Waals surface area contributed by atoms with Gasteiger partial charge in [-0.05, 0) is 37.1 Å². The molecule has 1 aromatic carbocycles. The summed E-state index contributed by atoms with van der Waals surface area (Å²) in [4.78, 5) is 44.5. The Balaban J connectivity index is 1.68.